The number of carbonyl (C=O) groups is 1. The molecule has 19 heavy (non-hydrogen) atoms. The van der Waals surface area contributed by atoms with Gasteiger partial charge < -0.3 is 11.1 Å². The predicted molar refractivity (Wildman–Crippen MR) is 76.7 cm³/mol. The Kier molecular flexibility index (Phi) is 5.54. The van der Waals surface area contributed by atoms with E-state index in [1.54, 1.807) is 0 Å². The van der Waals surface area contributed by atoms with Gasteiger partial charge >= 0.3 is 0 Å². The second kappa shape index (κ2) is 6.70. The lowest BCUT2D eigenvalue weighted by atomic mass is 9.99. The lowest BCUT2D eigenvalue weighted by Gasteiger charge is -2.24. The Morgan fingerprint density at radius 3 is 2.74 bits per heavy atom. The Morgan fingerprint density at radius 2 is 2.21 bits per heavy atom. The second-order valence-electron chi connectivity index (χ2n) is 5.99. The van der Waals surface area contributed by atoms with E-state index in [1.165, 1.54) is 0 Å². The number of nitrogens with zero attached hydrogens (tertiary/aromatic N) is 2. The summed E-state index contributed by atoms with van der Waals surface area (Å²) in [5.74, 6) is -0.184. The molecule has 1 amide bonds. The van der Waals surface area contributed by atoms with Crippen LogP contribution in [0.2, 0.25) is 0 Å². The normalized spacial score (nSPS) is 13.3. The molecule has 0 radical (unpaired) electrons. The molecule has 5 nitrogen and oxygen atoms in total. The molecule has 0 saturated carbocycles. The summed E-state index contributed by atoms with van der Waals surface area (Å²) in [6.45, 7) is 9.27. The number of amides is 1. The summed E-state index contributed by atoms with van der Waals surface area (Å²) >= 11 is 0. The first kappa shape index (κ1) is 15.7. The zero-order chi connectivity index (χ0) is 14.5. The highest BCUT2D eigenvalue weighted by molar-refractivity contribution is 5.79. The number of rotatable bonds is 6. The van der Waals surface area contributed by atoms with Crippen LogP contribution in [-0.2, 0) is 17.8 Å². The fraction of sp³-hybridized carbons (Fsp3) is 0.714. The van der Waals surface area contributed by atoms with Crippen LogP contribution in [-0.4, -0.2) is 27.8 Å². The van der Waals surface area contributed by atoms with Crippen molar-refractivity contribution in [3.8, 4) is 0 Å². The lowest BCUT2D eigenvalue weighted by Crippen LogP contribution is -2.46. The van der Waals surface area contributed by atoms with Crippen LogP contribution < -0.4 is 11.1 Å². The molecular weight excluding hydrogens is 240 g/mol. The van der Waals surface area contributed by atoms with Crippen molar-refractivity contribution < 1.29 is 4.79 Å². The van der Waals surface area contributed by atoms with Crippen molar-refractivity contribution in [2.75, 3.05) is 6.54 Å². The van der Waals surface area contributed by atoms with E-state index in [0.717, 1.165) is 18.5 Å². The van der Waals surface area contributed by atoms with Crippen LogP contribution in [0.15, 0.2) is 12.4 Å². The number of aryl methyl sites for hydroxylation is 1. The molecule has 0 aliphatic carbocycles. The molecular formula is C14H26N4O. The minimum Gasteiger partial charge on any atom is -0.351 e. The Balaban J connectivity index is 2.62. The molecule has 0 spiro atoms. The summed E-state index contributed by atoms with van der Waals surface area (Å²) in [6.07, 6.45) is 5.51. The molecule has 1 heterocycles. The lowest BCUT2D eigenvalue weighted by molar-refractivity contribution is -0.126. The first-order valence-electron chi connectivity index (χ1n) is 6.89. The van der Waals surface area contributed by atoms with E-state index in [-0.39, 0.29) is 17.4 Å². The number of hydrogen-bond acceptors (Lipinski definition) is 3. The molecule has 0 aromatic carbocycles. The average Bonchev–Trinajstić information content (AvgIpc) is 2.71. The van der Waals surface area contributed by atoms with Crippen LogP contribution in [0.1, 0.15) is 39.7 Å². The predicted octanol–water partition coefficient (Wildman–Crippen LogP) is 1.33. The minimum absolute atomic E-state index is 0.0123. The standard InChI is InChI=1S/C14H26N4O/c1-5-6-18-10-11(9-16-18)7-12(8-15)13(19)17-14(2,3)4/h9-10,12H,5-8,15H2,1-4H3,(H,17,19). The summed E-state index contributed by atoms with van der Waals surface area (Å²) in [5, 5.41) is 7.25. The van der Waals surface area contributed by atoms with Crippen LogP contribution in [0, 0.1) is 5.92 Å². The van der Waals surface area contributed by atoms with Gasteiger partial charge in [0.1, 0.15) is 0 Å². The van der Waals surface area contributed by atoms with Crippen LogP contribution in [0.4, 0.5) is 0 Å². The maximum atomic E-state index is 12.1. The van der Waals surface area contributed by atoms with Gasteiger partial charge in [-0.3, -0.25) is 9.48 Å². The van der Waals surface area contributed by atoms with Crippen LogP contribution >= 0.6 is 0 Å². The monoisotopic (exact) mass is 266 g/mol. The highest BCUT2D eigenvalue weighted by Gasteiger charge is 2.22. The molecule has 0 aliphatic heterocycles. The van der Waals surface area contributed by atoms with Crippen molar-refractivity contribution >= 4 is 5.91 Å². The van der Waals surface area contributed by atoms with E-state index in [1.807, 2.05) is 37.8 Å². The molecule has 1 aromatic heterocycles. The highest BCUT2D eigenvalue weighted by Crippen LogP contribution is 2.10. The quantitative estimate of drug-likeness (QED) is 0.815. The fourth-order valence-electron chi connectivity index (χ4n) is 1.90. The van der Waals surface area contributed by atoms with Crippen molar-refractivity contribution in [2.24, 2.45) is 11.7 Å². The number of nitrogens with one attached hydrogen (secondary N) is 1. The van der Waals surface area contributed by atoms with Crippen molar-refractivity contribution in [3.05, 3.63) is 18.0 Å². The topological polar surface area (TPSA) is 72.9 Å². The van der Waals surface area contributed by atoms with Crippen LogP contribution in [0.5, 0.6) is 0 Å². The van der Waals surface area contributed by atoms with Crippen molar-refractivity contribution in [3.63, 3.8) is 0 Å². The third kappa shape index (κ3) is 5.42. The summed E-state index contributed by atoms with van der Waals surface area (Å²) < 4.78 is 1.91. The van der Waals surface area contributed by atoms with Gasteiger partial charge in [-0.2, -0.15) is 5.10 Å². The summed E-state index contributed by atoms with van der Waals surface area (Å²) in [4.78, 5) is 12.1. The smallest absolute Gasteiger partial charge is 0.225 e. The third-order valence-corrected chi connectivity index (χ3v) is 2.78. The molecule has 1 atom stereocenters. The maximum Gasteiger partial charge on any atom is 0.225 e. The third-order valence-electron chi connectivity index (χ3n) is 2.78. The Hall–Kier alpha value is -1.36. The van der Waals surface area contributed by atoms with E-state index < -0.39 is 0 Å². The van der Waals surface area contributed by atoms with Gasteiger partial charge in [0.2, 0.25) is 5.91 Å². The van der Waals surface area contributed by atoms with Crippen molar-refractivity contribution in [1.29, 1.82) is 0 Å². The van der Waals surface area contributed by atoms with Gasteiger partial charge in [-0.1, -0.05) is 6.92 Å². The molecule has 0 aliphatic rings. The fourth-order valence-corrected chi connectivity index (χ4v) is 1.90. The van der Waals surface area contributed by atoms with Crippen molar-refractivity contribution in [2.45, 2.75) is 52.6 Å². The van der Waals surface area contributed by atoms with Gasteiger partial charge in [0.05, 0.1) is 12.1 Å². The number of carbonyl (C=O) groups excluding carboxylic acids is 1. The number of hydrogen-bond donors (Lipinski definition) is 2. The second-order valence-corrected chi connectivity index (χ2v) is 5.99. The van der Waals surface area contributed by atoms with Gasteiger partial charge in [-0.15, -0.1) is 0 Å². The van der Waals surface area contributed by atoms with E-state index in [2.05, 4.69) is 17.3 Å². The average molecular weight is 266 g/mol. The molecule has 5 heteroatoms. The summed E-state index contributed by atoms with van der Waals surface area (Å²) in [7, 11) is 0. The highest BCUT2D eigenvalue weighted by atomic mass is 16.2. The molecule has 1 unspecified atom stereocenters. The molecule has 0 fully saturated rings. The van der Waals surface area contributed by atoms with Gasteiger partial charge in [-0.25, -0.2) is 0 Å². The van der Waals surface area contributed by atoms with E-state index in [0.29, 0.717) is 13.0 Å². The first-order valence-corrected chi connectivity index (χ1v) is 6.89. The van der Waals surface area contributed by atoms with Gasteiger partial charge in [0.15, 0.2) is 0 Å². The largest absolute Gasteiger partial charge is 0.351 e. The van der Waals surface area contributed by atoms with E-state index in [9.17, 15) is 4.79 Å². The zero-order valence-corrected chi connectivity index (χ0v) is 12.4. The Morgan fingerprint density at radius 1 is 1.53 bits per heavy atom. The molecule has 0 bridgehead atoms. The van der Waals surface area contributed by atoms with Crippen LogP contribution in [0.3, 0.4) is 0 Å². The molecule has 3 N–H and O–H groups in total. The SMILES string of the molecule is CCCn1cc(CC(CN)C(=O)NC(C)(C)C)cn1. The zero-order valence-electron chi connectivity index (χ0n) is 12.4. The molecule has 0 saturated heterocycles. The van der Waals surface area contributed by atoms with E-state index in [4.69, 9.17) is 5.73 Å². The van der Waals surface area contributed by atoms with Gasteiger partial charge in [-0.05, 0) is 39.2 Å². The molecule has 108 valence electrons. The first-order chi connectivity index (χ1) is 8.85. The number of nitrogens with two attached hydrogens (primary N) is 1. The van der Waals surface area contributed by atoms with Crippen LogP contribution in [0.25, 0.3) is 0 Å². The summed E-state index contributed by atoms with van der Waals surface area (Å²) in [5.41, 5.74) is 6.56. The van der Waals surface area contributed by atoms with Gasteiger partial charge in [0.25, 0.3) is 0 Å². The molecule has 1 rings (SSSR count). The Labute approximate surface area is 115 Å². The Bertz CT molecular complexity index is 406. The molecule has 1 aromatic rings. The van der Waals surface area contributed by atoms with Crippen molar-refractivity contribution in [1.82, 2.24) is 15.1 Å². The number of aromatic nitrogens is 2. The maximum absolute atomic E-state index is 12.1. The summed E-state index contributed by atoms with van der Waals surface area (Å²) in [6, 6.07) is 0. The van der Waals surface area contributed by atoms with E-state index >= 15 is 0 Å². The van der Waals surface area contributed by atoms with Gasteiger partial charge in [0, 0.05) is 24.8 Å². The minimum atomic E-state index is -0.225.